The van der Waals surface area contributed by atoms with Crippen LogP contribution in [0.4, 0.5) is 19.2 Å². The molecule has 3 saturated heterocycles. The molecule has 3 aromatic rings. The molecule has 2 bridgehead atoms. The first-order chi connectivity index (χ1) is 15.6. The number of methoxy groups -OCH3 is 1. The Bertz CT molecular complexity index is 1120. The standard InChI is InChI=1S/C22H25F3N4O3S/c1-21(2,30-3)11-31-18(22(23,24)25)14-4-5-15(19-26-6-7-33-19)17-16(14)28-20(32-17)29-9-12-8-13(10-29)27-12/h4-7,12-13,18,27H,8-11H2,1-3H3. The summed E-state index contributed by atoms with van der Waals surface area (Å²) >= 11 is 1.39. The minimum Gasteiger partial charge on any atom is -0.423 e. The number of aromatic nitrogens is 2. The lowest BCUT2D eigenvalue weighted by Crippen LogP contribution is -2.67. The molecule has 0 radical (unpaired) electrons. The van der Waals surface area contributed by atoms with Crippen molar-refractivity contribution in [2.75, 3.05) is 31.7 Å². The minimum absolute atomic E-state index is 0.0833. The molecule has 178 valence electrons. The number of anilines is 1. The van der Waals surface area contributed by atoms with Crippen molar-refractivity contribution in [2.24, 2.45) is 0 Å². The van der Waals surface area contributed by atoms with Gasteiger partial charge in [-0.25, -0.2) is 4.98 Å². The molecule has 11 heteroatoms. The first kappa shape index (κ1) is 22.6. The molecule has 2 aromatic heterocycles. The van der Waals surface area contributed by atoms with Crippen molar-refractivity contribution >= 4 is 28.5 Å². The number of benzene rings is 1. The molecule has 5 heterocycles. The number of nitrogens with one attached hydrogen (secondary N) is 1. The Morgan fingerprint density at radius 2 is 2.00 bits per heavy atom. The van der Waals surface area contributed by atoms with E-state index < -0.39 is 17.9 Å². The highest BCUT2D eigenvalue weighted by molar-refractivity contribution is 7.13. The van der Waals surface area contributed by atoms with E-state index in [2.05, 4.69) is 15.3 Å². The Morgan fingerprint density at radius 1 is 1.27 bits per heavy atom. The summed E-state index contributed by atoms with van der Waals surface area (Å²) in [7, 11) is 1.44. The van der Waals surface area contributed by atoms with Crippen LogP contribution in [-0.2, 0) is 9.47 Å². The van der Waals surface area contributed by atoms with E-state index in [9.17, 15) is 13.2 Å². The van der Waals surface area contributed by atoms with Gasteiger partial charge in [-0.3, -0.25) is 0 Å². The zero-order chi connectivity index (χ0) is 23.4. The number of oxazole rings is 1. The number of thiazole rings is 1. The second-order valence-corrected chi connectivity index (χ2v) is 10.0. The van der Waals surface area contributed by atoms with E-state index in [1.807, 2.05) is 10.3 Å². The molecule has 3 atom stereocenters. The molecule has 0 spiro atoms. The van der Waals surface area contributed by atoms with Gasteiger partial charge in [0.25, 0.3) is 6.01 Å². The van der Waals surface area contributed by atoms with Crippen molar-refractivity contribution in [3.8, 4) is 10.6 Å². The van der Waals surface area contributed by atoms with Crippen LogP contribution >= 0.6 is 11.3 Å². The summed E-state index contributed by atoms with van der Waals surface area (Å²) in [5.74, 6) is 0. The van der Waals surface area contributed by atoms with Gasteiger partial charge < -0.3 is 24.1 Å². The molecule has 33 heavy (non-hydrogen) atoms. The fraction of sp³-hybridized carbons (Fsp3) is 0.545. The van der Waals surface area contributed by atoms with Crippen molar-refractivity contribution in [3.63, 3.8) is 0 Å². The zero-order valence-corrected chi connectivity index (χ0v) is 19.3. The highest BCUT2D eigenvalue weighted by atomic mass is 32.1. The van der Waals surface area contributed by atoms with Crippen LogP contribution in [-0.4, -0.2) is 60.6 Å². The lowest BCUT2D eigenvalue weighted by Gasteiger charge is -2.47. The van der Waals surface area contributed by atoms with Gasteiger partial charge in [-0.05, 0) is 26.3 Å². The third-order valence-corrected chi connectivity index (χ3v) is 6.96. The lowest BCUT2D eigenvalue weighted by molar-refractivity contribution is -0.235. The zero-order valence-electron chi connectivity index (χ0n) is 18.5. The van der Waals surface area contributed by atoms with Gasteiger partial charge in [-0.2, -0.15) is 18.2 Å². The van der Waals surface area contributed by atoms with Crippen LogP contribution in [0.5, 0.6) is 0 Å². The van der Waals surface area contributed by atoms with E-state index in [1.54, 1.807) is 26.1 Å². The lowest BCUT2D eigenvalue weighted by atomic mass is 9.92. The second kappa shape index (κ2) is 8.23. The molecule has 3 aliphatic heterocycles. The molecule has 3 aliphatic rings. The van der Waals surface area contributed by atoms with Crippen molar-refractivity contribution in [1.82, 2.24) is 15.3 Å². The van der Waals surface area contributed by atoms with Crippen molar-refractivity contribution in [2.45, 2.75) is 50.2 Å². The highest BCUT2D eigenvalue weighted by Gasteiger charge is 2.45. The second-order valence-electron chi connectivity index (χ2n) is 9.11. The van der Waals surface area contributed by atoms with Gasteiger partial charge >= 0.3 is 6.18 Å². The average molecular weight is 483 g/mol. The number of rotatable bonds is 7. The van der Waals surface area contributed by atoms with Crippen LogP contribution in [0.3, 0.4) is 0 Å². The summed E-state index contributed by atoms with van der Waals surface area (Å²) in [4.78, 5) is 10.9. The van der Waals surface area contributed by atoms with Gasteiger partial charge in [0.15, 0.2) is 11.7 Å². The Morgan fingerprint density at radius 3 is 2.61 bits per heavy atom. The number of halogens is 3. The van der Waals surface area contributed by atoms with Crippen LogP contribution in [0.2, 0.25) is 0 Å². The normalized spacial score (nSPS) is 21.9. The predicted molar refractivity (Wildman–Crippen MR) is 118 cm³/mol. The quantitative estimate of drug-likeness (QED) is 0.530. The number of hydrogen-bond donors (Lipinski definition) is 1. The summed E-state index contributed by atoms with van der Waals surface area (Å²) in [5, 5.41) is 5.90. The van der Waals surface area contributed by atoms with Gasteiger partial charge in [0, 0.05) is 49.4 Å². The van der Waals surface area contributed by atoms with Crippen LogP contribution in [0.15, 0.2) is 28.1 Å². The van der Waals surface area contributed by atoms with Crippen LogP contribution in [0, 0.1) is 0 Å². The van der Waals surface area contributed by atoms with Gasteiger partial charge in [-0.15, -0.1) is 11.3 Å². The average Bonchev–Trinajstić information content (AvgIpc) is 3.43. The van der Waals surface area contributed by atoms with E-state index in [4.69, 9.17) is 13.9 Å². The molecule has 7 nitrogen and oxygen atoms in total. The molecule has 0 aliphatic carbocycles. The maximum atomic E-state index is 14.2. The van der Waals surface area contributed by atoms with Gasteiger partial charge in [-0.1, -0.05) is 6.07 Å². The fourth-order valence-corrected chi connectivity index (χ4v) is 4.92. The summed E-state index contributed by atoms with van der Waals surface area (Å²) in [6, 6.07) is 4.03. The Hall–Kier alpha value is -2.21. The summed E-state index contributed by atoms with van der Waals surface area (Å²) in [6.45, 7) is 4.51. The SMILES string of the molecule is COC(C)(C)COC(c1ccc(-c2nccs2)c2oc(N3CC4CC(C3)N4)nc12)C(F)(F)F. The van der Waals surface area contributed by atoms with Crippen molar-refractivity contribution in [3.05, 3.63) is 29.3 Å². The number of hydrogen-bond acceptors (Lipinski definition) is 8. The summed E-state index contributed by atoms with van der Waals surface area (Å²) < 4.78 is 59.2. The molecule has 0 saturated carbocycles. The maximum Gasteiger partial charge on any atom is 0.418 e. The largest absolute Gasteiger partial charge is 0.423 e. The van der Waals surface area contributed by atoms with E-state index in [0.29, 0.717) is 41.8 Å². The molecule has 1 aromatic carbocycles. The number of ether oxygens (including phenoxy) is 2. The van der Waals surface area contributed by atoms with E-state index >= 15 is 0 Å². The van der Waals surface area contributed by atoms with Crippen LogP contribution < -0.4 is 10.2 Å². The van der Waals surface area contributed by atoms with Crippen LogP contribution in [0.25, 0.3) is 21.7 Å². The third kappa shape index (κ3) is 4.34. The van der Waals surface area contributed by atoms with E-state index in [0.717, 1.165) is 6.42 Å². The molecule has 3 unspecified atom stereocenters. The summed E-state index contributed by atoms with van der Waals surface area (Å²) in [6.07, 6.45) is -4.08. The van der Waals surface area contributed by atoms with Crippen molar-refractivity contribution in [1.29, 1.82) is 0 Å². The van der Waals surface area contributed by atoms with Crippen molar-refractivity contribution < 1.29 is 27.1 Å². The van der Waals surface area contributed by atoms with Crippen LogP contribution in [0.1, 0.15) is 31.9 Å². The Balaban J connectivity index is 1.59. The Kier molecular flexibility index (Phi) is 5.63. The molecular formula is C22H25F3N4O3S. The first-order valence-corrected chi connectivity index (χ1v) is 11.6. The number of piperazine rings is 1. The highest BCUT2D eigenvalue weighted by Crippen LogP contribution is 2.43. The van der Waals surface area contributed by atoms with E-state index in [-0.39, 0.29) is 23.3 Å². The monoisotopic (exact) mass is 482 g/mol. The fourth-order valence-electron chi connectivity index (χ4n) is 4.26. The minimum atomic E-state index is -4.64. The van der Waals surface area contributed by atoms with Gasteiger partial charge in [0.1, 0.15) is 10.5 Å². The number of fused-ring (bicyclic) bond motifs is 3. The maximum absolute atomic E-state index is 14.2. The molecular weight excluding hydrogens is 457 g/mol. The topological polar surface area (TPSA) is 72.7 Å². The summed E-state index contributed by atoms with van der Waals surface area (Å²) in [5.41, 5.74) is 0.0807. The van der Waals surface area contributed by atoms with E-state index in [1.165, 1.54) is 24.5 Å². The first-order valence-electron chi connectivity index (χ1n) is 10.7. The predicted octanol–water partition coefficient (Wildman–Crippen LogP) is 4.55. The van der Waals surface area contributed by atoms with Gasteiger partial charge in [0.05, 0.1) is 17.8 Å². The molecule has 0 amide bonds. The number of alkyl halides is 3. The number of piperidine rings is 1. The third-order valence-electron chi connectivity index (χ3n) is 6.15. The number of nitrogens with zero attached hydrogens (tertiary/aromatic N) is 3. The molecule has 6 rings (SSSR count). The molecule has 1 N–H and O–H groups in total. The van der Waals surface area contributed by atoms with Gasteiger partial charge in [0.2, 0.25) is 0 Å². The molecule has 3 fully saturated rings. The smallest absolute Gasteiger partial charge is 0.418 e. The Labute approximate surface area is 192 Å².